The molecule has 0 amide bonds. The molecule has 3 rings (SSSR count). The minimum Gasteiger partial charge on any atom is -0.475 e. The lowest BCUT2D eigenvalue weighted by atomic mass is 10.2. The maximum absolute atomic E-state index is 10.9. The van der Waals surface area contributed by atoms with E-state index < -0.39 is 5.97 Å². The second-order valence-corrected chi connectivity index (χ2v) is 5.08. The van der Waals surface area contributed by atoms with Crippen molar-refractivity contribution in [3.05, 3.63) is 58.6 Å². The van der Waals surface area contributed by atoms with Crippen LogP contribution in [0.2, 0.25) is 5.02 Å². The monoisotopic (exact) mass is 289 g/mol. The minimum atomic E-state index is -1.06. The lowest BCUT2D eigenvalue weighted by Gasteiger charge is -2.04. The topological polar surface area (TPSA) is 55.4 Å². The standard InChI is InChI=1S/C15H12ClNO3/c1-9-11(6-14(20-9)15(18)19)8-17-5-4-10-2-3-12(16)7-13(10)17/h2-7H,8H2,1H3,(H,18,19). The van der Waals surface area contributed by atoms with Crippen LogP contribution >= 0.6 is 11.6 Å². The predicted molar refractivity (Wildman–Crippen MR) is 76.5 cm³/mol. The molecule has 4 nitrogen and oxygen atoms in total. The van der Waals surface area contributed by atoms with Gasteiger partial charge in [0.2, 0.25) is 5.76 Å². The van der Waals surface area contributed by atoms with Crippen LogP contribution in [0.15, 0.2) is 40.9 Å². The molecule has 5 heteroatoms. The molecule has 20 heavy (non-hydrogen) atoms. The molecule has 0 radical (unpaired) electrons. The normalized spacial score (nSPS) is 11.1. The van der Waals surface area contributed by atoms with E-state index in [1.807, 2.05) is 35.0 Å². The largest absolute Gasteiger partial charge is 0.475 e. The second kappa shape index (κ2) is 4.72. The quantitative estimate of drug-likeness (QED) is 0.794. The molecule has 0 aliphatic rings. The number of hydrogen-bond donors (Lipinski definition) is 1. The number of rotatable bonds is 3. The van der Waals surface area contributed by atoms with Gasteiger partial charge in [0.25, 0.3) is 0 Å². The SMILES string of the molecule is Cc1oc(C(=O)O)cc1Cn1ccc2ccc(Cl)cc21. The summed E-state index contributed by atoms with van der Waals surface area (Å²) < 4.78 is 7.24. The number of carboxylic acids is 1. The molecular weight excluding hydrogens is 278 g/mol. The summed E-state index contributed by atoms with van der Waals surface area (Å²) in [5.41, 5.74) is 1.86. The summed E-state index contributed by atoms with van der Waals surface area (Å²) in [7, 11) is 0. The van der Waals surface area contributed by atoms with Crippen LogP contribution in [0.1, 0.15) is 21.9 Å². The Morgan fingerprint density at radius 2 is 2.15 bits per heavy atom. The van der Waals surface area contributed by atoms with Gasteiger partial charge >= 0.3 is 5.97 Å². The third-order valence-electron chi connectivity index (χ3n) is 3.31. The first-order chi connectivity index (χ1) is 9.54. The molecule has 2 aromatic heterocycles. The Morgan fingerprint density at radius 1 is 1.35 bits per heavy atom. The third-order valence-corrected chi connectivity index (χ3v) is 3.54. The zero-order valence-corrected chi connectivity index (χ0v) is 11.5. The van der Waals surface area contributed by atoms with Gasteiger partial charge in [-0.15, -0.1) is 0 Å². The maximum atomic E-state index is 10.9. The van der Waals surface area contributed by atoms with E-state index in [0.29, 0.717) is 17.3 Å². The smallest absolute Gasteiger partial charge is 0.371 e. The highest BCUT2D eigenvalue weighted by atomic mass is 35.5. The molecule has 1 aromatic carbocycles. The van der Waals surface area contributed by atoms with Crippen LogP contribution in [0, 0.1) is 6.92 Å². The molecule has 3 aromatic rings. The number of carbonyl (C=O) groups is 1. The summed E-state index contributed by atoms with van der Waals surface area (Å²) in [5, 5.41) is 10.7. The first kappa shape index (κ1) is 12.8. The van der Waals surface area contributed by atoms with E-state index in [0.717, 1.165) is 16.5 Å². The lowest BCUT2D eigenvalue weighted by molar-refractivity contribution is 0.0661. The Kier molecular flexibility index (Phi) is 3.03. The summed E-state index contributed by atoms with van der Waals surface area (Å²) >= 11 is 6.02. The molecular formula is C15H12ClNO3. The van der Waals surface area contributed by atoms with Gasteiger partial charge in [-0.05, 0) is 36.6 Å². The summed E-state index contributed by atoms with van der Waals surface area (Å²) in [5.74, 6) is -0.474. The number of aromatic nitrogens is 1. The minimum absolute atomic E-state index is 0.0352. The van der Waals surface area contributed by atoms with Crippen molar-refractivity contribution in [1.82, 2.24) is 4.57 Å². The highest BCUT2D eigenvalue weighted by Gasteiger charge is 2.14. The lowest BCUT2D eigenvalue weighted by Crippen LogP contribution is -1.98. The van der Waals surface area contributed by atoms with Crippen LogP contribution in [0.3, 0.4) is 0 Å². The fourth-order valence-corrected chi connectivity index (χ4v) is 2.43. The van der Waals surface area contributed by atoms with Gasteiger partial charge in [0.1, 0.15) is 5.76 Å². The van der Waals surface area contributed by atoms with Crippen molar-refractivity contribution in [2.75, 3.05) is 0 Å². The van der Waals surface area contributed by atoms with Crippen molar-refractivity contribution in [3.63, 3.8) is 0 Å². The van der Waals surface area contributed by atoms with E-state index in [1.54, 1.807) is 13.0 Å². The molecule has 0 atom stereocenters. The van der Waals surface area contributed by atoms with Crippen LogP contribution in [0.25, 0.3) is 10.9 Å². The van der Waals surface area contributed by atoms with Gasteiger partial charge in [0, 0.05) is 22.3 Å². The van der Waals surface area contributed by atoms with Crippen LogP contribution in [0.4, 0.5) is 0 Å². The summed E-state index contributed by atoms with van der Waals surface area (Å²) in [6.07, 6.45) is 1.95. The molecule has 0 bridgehead atoms. The maximum Gasteiger partial charge on any atom is 0.371 e. The molecule has 102 valence electrons. The zero-order chi connectivity index (χ0) is 14.3. The average molecular weight is 290 g/mol. The Balaban J connectivity index is 2.01. The van der Waals surface area contributed by atoms with E-state index in [4.69, 9.17) is 21.1 Å². The number of furan rings is 1. The fourth-order valence-electron chi connectivity index (χ4n) is 2.26. The van der Waals surface area contributed by atoms with Crippen molar-refractivity contribution in [3.8, 4) is 0 Å². The Labute approximate surface area is 120 Å². The number of carboxylic acid groups (broad SMARTS) is 1. The molecule has 0 saturated heterocycles. The first-order valence-electron chi connectivity index (χ1n) is 6.11. The average Bonchev–Trinajstić information content (AvgIpc) is 2.95. The van der Waals surface area contributed by atoms with Gasteiger partial charge in [0.05, 0.1) is 6.54 Å². The molecule has 0 fully saturated rings. The molecule has 0 aliphatic carbocycles. The highest BCUT2D eigenvalue weighted by Crippen LogP contribution is 2.23. The number of hydrogen-bond acceptors (Lipinski definition) is 2. The Bertz CT molecular complexity index is 801. The van der Waals surface area contributed by atoms with Gasteiger partial charge in [0.15, 0.2) is 0 Å². The van der Waals surface area contributed by atoms with Gasteiger partial charge < -0.3 is 14.1 Å². The number of halogens is 1. The molecule has 0 unspecified atom stereocenters. The van der Waals surface area contributed by atoms with Crippen molar-refractivity contribution < 1.29 is 14.3 Å². The van der Waals surface area contributed by atoms with Gasteiger partial charge in [-0.3, -0.25) is 0 Å². The Morgan fingerprint density at radius 3 is 2.85 bits per heavy atom. The van der Waals surface area contributed by atoms with Crippen LogP contribution in [-0.2, 0) is 6.54 Å². The number of nitrogens with zero attached hydrogens (tertiary/aromatic N) is 1. The van der Waals surface area contributed by atoms with Gasteiger partial charge in [-0.25, -0.2) is 4.79 Å². The summed E-state index contributed by atoms with van der Waals surface area (Å²) in [4.78, 5) is 10.9. The summed E-state index contributed by atoms with van der Waals surface area (Å²) in [6, 6.07) is 9.26. The van der Waals surface area contributed by atoms with Crippen molar-refractivity contribution in [1.29, 1.82) is 0 Å². The van der Waals surface area contributed by atoms with E-state index >= 15 is 0 Å². The Hall–Kier alpha value is -2.20. The van der Waals surface area contributed by atoms with E-state index in [-0.39, 0.29) is 5.76 Å². The zero-order valence-electron chi connectivity index (χ0n) is 10.8. The molecule has 2 heterocycles. The summed E-state index contributed by atoms with van der Waals surface area (Å²) in [6.45, 7) is 2.31. The number of aryl methyl sites for hydroxylation is 1. The van der Waals surface area contributed by atoms with Crippen molar-refractivity contribution >= 4 is 28.5 Å². The molecule has 1 N–H and O–H groups in total. The first-order valence-corrected chi connectivity index (χ1v) is 6.49. The van der Waals surface area contributed by atoms with Crippen LogP contribution < -0.4 is 0 Å². The van der Waals surface area contributed by atoms with E-state index in [1.165, 1.54) is 0 Å². The van der Waals surface area contributed by atoms with Crippen molar-refractivity contribution in [2.45, 2.75) is 13.5 Å². The number of fused-ring (bicyclic) bond motifs is 1. The van der Waals surface area contributed by atoms with Gasteiger partial charge in [-0.2, -0.15) is 0 Å². The number of aromatic carboxylic acids is 1. The molecule has 0 spiro atoms. The van der Waals surface area contributed by atoms with Crippen LogP contribution in [0.5, 0.6) is 0 Å². The molecule has 0 saturated carbocycles. The fraction of sp³-hybridized carbons (Fsp3) is 0.133. The second-order valence-electron chi connectivity index (χ2n) is 4.64. The molecule has 0 aliphatic heterocycles. The highest BCUT2D eigenvalue weighted by molar-refractivity contribution is 6.31. The van der Waals surface area contributed by atoms with E-state index in [2.05, 4.69) is 0 Å². The van der Waals surface area contributed by atoms with E-state index in [9.17, 15) is 4.79 Å². The third kappa shape index (κ3) is 2.18. The van der Waals surface area contributed by atoms with Crippen LogP contribution in [-0.4, -0.2) is 15.6 Å². The van der Waals surface area contributed by atoms with Crippen molar-refractivity contribution in [2.24, 2.45) is 0 Å². The predicted octanol–water partition coefficient (Wildman–Crippen LogP) is 3.94. The number of benzene rings is 1. The van der Waals surface area contributed by atoms with Gasteiger partial charge in [-0.1, -0.05) is 17.7 Å².